The Morgan fingerprint density at radius 2 is 1.62 bits per heavy atom. The van der Waals surface area contributed by atoms with E-state index in [4.69, 9.17) is 33.4 Å². The van der Waals surface area contributed by atoms with Gasteiger partial charge >= 0.3 is 0 Å². The van der Waals surface area contributed by atoms with Gasteiger partial charge in [-0.3, -0.25) is 9.59 Å². The number of ketones is 1. The van der Waals surface area contributed by atoms with Crippen molar-refractivity contribution in [2.75, 3.05) is 11.1 Å². The molecule has 0 saturated carbocycles. The second kappa shape index (κ2) is 7.23. The van der Waals surface area contributed by atoms with E-state index in [1.54, 1.807) is 36.4 Å². The van der Waals surface area contributed by atoms with Crippen LogP contribution in [0.5, 0.6) is 0 Å². The lowest BCUT2D eigenvalue weighted by Crippen LogP contribution is -2.11. The standard InChI is InChI=1S/C19H14Cl2N2O3/c1-10(24)11-2-4-12(5-3-11)16-6-7-17(26-16)19(25)23-13-8-14(20)18(22)15(21)9-13/h2-9H,22H2,1H3,(H,23,25). The lowest BCUT2D eigenvalue weighted by molar-refractivity contribution is 0.0994. The number of nitrogen functional groups attached to an aromatic ring is 1. The van der Waals surface area contributed by atoms with E-state index in [2.05, 4.69) is 5.32 Å². The van der Waals surface area contributed by atoms with Gasteiger partial charge in [0.1, 0.15) is 5.76 Å². The molecule has 1 aromatic heterocycles. The maximum absolute atomic E-state index is 12.3. The fraction of sp³-hybridized carbons (Fsp3) is 0.0526. The smallest absolute Gasteiger partial charge is 0.291 e. The number of hydrogen-bond acceptors (Lipinski definition) is 4. The quantitative estimate of drug-likeness (QED) is 0.469. The fourth-order valence-corrected chi connectivity index (χ4v) is 2.82. The fourth-order valence-electron chi connectivity index (χ4n) is 2.33. The number of amides is 1. The van der Waals surface area contributed by atoms with Crippen LogP contribution in [0.15, 0.2) is 52.9 Å². The van der Waals surface area contributed by atoms with E-state index in [1.807, 2.05) is 0 Å². The summed E-state index contributed by atoms with van der Waals surface area (Å²) >= 11 is 11.9. The van der Waals surface area contributed by atoms with Crippen molar-refractivity contribution < 1.29 is 14.0 Å². The molecule has 5 nitrogen and oxygen atoms in total. The molecule has 3 rings (SSSR count). The molecule has 26 heavy (non-hydrogen) atoms. The minimum atomic E-state index is -0.450. The van der Waals surface area contributed by atoms with Gasteiger partial charge in [-0.05, 0) is 31.2 Å². The van der Waals surface area contributed by atoms with Gasteiger partial charge < -0.3 is 15.5 Å². The average molecular weight is 389 g/mol. The molecule has 0 spiro atoms. The summed E-state index contributed by atoms with van der Waals surface area (Å²) in [6, 6.07) is 13.2. The molecule has 7 heteroatoms. The molecule has 0 saturated heterocycles. The summed E-state index contributed by atoms with van der Waals surface area (Å²) in [6.45, 7) is 1.50. The van der Waals surface area contributed by atoms with Crippen molar-refractivity contribution in [2.24, 2.45) is 0 Å². The third-order valence-electron chi connectivity index (χ3n) is 3.74. The van der Waals surface area contributed by atoms with Gasteiger partial charge in [0.2, 0.25) is 0 Å². The lowest BCUT2D eigenvalue weighted by atomic mass is 10.1. The van der Waals surface area contributed by atoms with Crippen molar-refractivity contribution in [3.8, 4) is 11.3 Å². The zero-order valence-corrected chi connectivity index (χ0v) is 15.2. The van der Waals surface area contributed by atoms with Gasteiger partial charge in [0.05, 0.1) is 15.7 Å². The first-order valence-corrected chi connectivity index (χ1v) is 8.38. The Balaban J connectivity index is 1.79. The van der Waals surface area contributed by atoms with Crippen LogP contribution < -0.4 is 11.1 Å². The van der Waals surface area contributed by atoms with Crippen LogP contribution in [-0.4, -0.2) is 11.7 Å². The van der Waals surface area contributed by atoms with Gasteiger partial charge in [-0.25, -0.2) is 0 Å². The highest BCUT2D eigenvalue weighted by Gasteiger charge is 2.14. The van der Waals surface area contributed by atoms with E-state index in [0.717, 1.165) is 5.56 Å². The predicted octanol–water partition coefficient (Wildman–Crippen LogP) is 5.29. The number of furan rings is 1. The van der Waals surface area contributed by atoms with E-state index in [-0.39, 0.29) is 27.3 Å². The van der Waals surface area contributed by atoms with E-state index in [1.165, 1.54) is 19.1 Å². The summed E-state index contributed by atoms with van der Waals surface area (Å²) in [5, 5.41) is 3.15. The van der Waals surface area contributed by atoms with E-state index >= 15 is 0 Å². The van der Waals surface area contributed by atoms with E-state index < -0.39 is 5.91 Å². The molecule has 0 aliphatic carbocycles. The Kier molecular flexibility index (Phi) is 5.02. The Bertz CT molecular complexity index is 971. The van der Waals surface area contributed by atoms with Gasteiger partial charge in [0.15, 0.2) is 11.5 Å². The number of halogens is 2. The predicted molar refractivity (Wildman–Crippen MR) is 103 cm³/mol. The first kappa shape index (κ1) is 18.0. The van der Waals surface area contributed by atoms with Crippen LogP contribution in [0.25, 0.3) is 11.3 Å². The third kappa shape index (κ3) is 3.74. The summed E-state index contributed by atoms with van der Waals surface area (Å²) < 4.78 is 5.60. The molecule has 132 valence electrons. The zero-order chi connectivity index (χ0) is 18.8. The molecule has 3 N–H and O–H groups in total. The Morgan fingerprint density at radius 1 is 1.00 bits per heavy atom. The van der Waals surface area contributed by atoms with Crippen LogP contribution in [0, 0.1) is 0 Å². The van der Waals surface area contributed by atoms with E-state index in [9.17, 15) is 9.59 Å². The topological polar surface area (TPSA) is 85.3 Å². The molecule has 3 aromatic rings. The highest BCUT2D eigenvalue weighted by Crippen LogP contribution is 2.31. The van der Waals surface area contributed by atoms with E-state index in [0.29, 0.717) is 17.0 Å². The summed E-state index contributed by atoms with van der Waals surface area (Å²) in [4.78, 5) is 23.7. The Morgan fingerprint density at radius 3 is 2.19 bits per heavy atom. The largest absolute Gasteiger partial charge is 0.451 e. The lowest BCUT2D eigenvalue weighted by Gasteiger charge is -2.07. The number of Topliss-reactive ketones (excluding diaryl/α,β-unsaturated/α-hetero) is 1. The monoisotopic (exact) mass is 388 g/mol. The number of hydrogen-bond donors (Lipinski definition) is 2. The zero-order valence-electron chi connectivity index (χ0n) is 13.7. The minimum absolute atomic E-state index is 0.0168. The second-order valence-corrected chi connectivity index (χ2v) is 6.42. The van der Waals surface area contributed by atoms with Gasteiger partial charge in [-0.15, -0.1) is 0 Å². The molecular weight excluding hydrogens is 375 g/mol. The van der Waals surface area contributed by atoms with Crippen LogP contribution in [0.1, 0.15) is 27.8 Å². The number of nitrogens with two attached hydrogens (primary N) is 1. The molecule has 0 bridgehead atoms. The van der Waals surface area contributed by atoms with Crippen LogP contribution >= 0.6 is 23.2 Å². The molecule has 0 radical (unpaired) electrons. The highest BCUT2D eigenvalue weighted by atomic mass is 35.5. The summed E-state index contributed by atoms with van der Waals surface area (Å²) in [6.07, 6.45) is 0. The van der Waals surface area contributed by atoms with Crippen LogP contribution in [0.2, 0.25) is 10.0 Å². The van der Waals surface area contributed by atoms with Crippen molar-refractivity contribution in [1.82, 2.24) is 0 Å². The summed E-state index contributed by atoms with van der Waals surface area (Å²) in [7, 11) is 0. The minimum Gasteiger partial charge on any atom is -0.451 e. The van der Waals surface area contributed by atoms with Crippen LogP contribution in [0.3, 0.4) is 0 Å². The molecule has 0 fully saturated rings. The normalized spacial score (nSPS) is 10.6. The van der Waals surface area contributed by atoms with Crippen LogP contribution in [0.4, 0.5) is 11.4 Å². The maximum atomic E-state index is 12.3. The van der Waals surface area contributed by atoms with Gasteiger partial charge in [0.25, 0.3) is 5.91 Å². The molecular formula is C19H14Cl2N2O3. The maximum Gasteiger partial charge on any atom is 0.291 e. The second-order valence-electron chi connectivity index (χ2n) is 5.61. The number of rotatable bonds is 4. The van der Waals surface area contributed by atoms with Gasteiger partial charge in [-0.1, -0.05) is 47.5 Å². The molecule has 0 aliphatic heterocycles. The molecule has 2 aromatic carbocycles. The number of carbonyl (C=O) groups excluding carboxylic acids is 2. The molecule has 1 amide bonds. The van der Waals surface area contributed by atoms with Gasteiger partial charge in [0, 0.05) is 16.8 Å². The Hall–Kier alpha value is -2.76. The third-order valence-corrected chi connectivity index (χ3v) is 4.37. The number of carbonyl (C=O) groups is 2. The van der Waals surface area contributed by atoms with Crippen molar-refractivity contribution in [1.29, 1.82) is 0 Å². The number of anilines is 2. The first-order chi connectivity index (χ1) is 12.3. The van der Waals surface area contributed by atoms with Crippen molar-refractivity contribution in [3.63, 3.8) is 0 Å². The first-order valence-electron chi connectivity index (χ1n) is 7.62. The molecule has 0 atom stereocenters. The van der Waals surface area contributed by atoms with Gasteiger partial charge in [-0.2, -0.15) is 0 Å². The molecule has 1 heterocycles. The SMILES string of the molecule is CC(=O)c1ccc(-c2ccc(C(=O)Nc3cc(Cl)c(N)c(Cl)c3)o2)cc1. The summed E-state index contributed by atoms with van der Waals surface area (Å²) in [5.41, 5.74) is 7.69. The molecule has 0 unspecified atom stereocenters. The van der Waals surface area contributed by atoms with Crippen molar-refractivity contribution in [3.05, 3.63) is 69.9 Å². The average Bonchev–Trinajstić information content (AvgIpc) is 3.10. The Labute approximate surface area is 159 Å². The van der Waals surface area contributed by atoms with Crippen molar-refractivity contribution in [2.45, 2.75) is 6.92 Å². The number of nitrogens with one attached hydrogen (secondary N) is 1. The van der Waals surface area contributed by atoms with Crippen molar-refractivity contribution >= 4 is 46.3 Å². The summed E-state index contributed by atoms with van der Waals surface area (Å²) in [5.74, 6) is 0.170. The van der Waals surface area contributed by atoms with Crippen LogP contribution in [-0.2, 0) is 0 Å². The molecule has 0 aliphatic rings. The highest BCUT2D eigenvalue weighted by molar-refractivity contribution is 6.39. The number of benzene rings is 2.